The second-order valence-electron chi connectivity index (χ2n) is 8.23. The highest BCUT2D eigenvalue weighted by molar-refractivity contribution is 5.22. The summed E-state index contributed by atoms with van der Waals surface area (Å²) < 4.78 is 6.26. The summed E-state index contributed by atoms with van der Waals surface area (Å²) in [6, 6.07) is 9.68. The zero-order valence-electron chi connectivity index (χ0n) is 15.7. The van der Waals surface area contributed by atoms with Gasteiger partial charge in [-0.15, -0.1) is 0 Å². The summed E-state index contributed by atoms with van der Waals surface area (Å²) in [5.41, 5.74) is 2.99. The number of hydrogen-bond acceptors (Lipinski definition) is 4. The van der Waals surface area contributed by atoms with Crippen molar-refractivity contribution in [2.24, 2.45) is 0 Å². The number of ether oxygens (including phenoxy) is 1. The van der Waals surface area contributed by atoms with Crippen LogP contribution in [-0.4, -0.2) is 67.3 Å². The minimum absolute atomic E-state index is 0.173. The predicted molar refractivity (Wildman–Crippen MR) is 102 cm³/mol. The van der Waals surface area contributed by atoms with Crippen molar-refractivity contribution in [1.82, 2.24) is 15.1 Å². The van der Waals surface area contributed by atoms with Gasteiger partial charge in [-0.1, -0.05) is 29.8 Å². The van der Waals surface area contributed by atoms with Crippen molar-refractivity contribution in [3.05, 3.63) is 35.4 Å². The van der Waals surface area contributed by atoms with Crippen LogP contribution in [0.15, 0.2) is 24.3 Å². The van der Waals surface area contributed by atoms with E-state index in [9.17, 15) is 0 Å². The summed E-state index contributed by atoms with van der Waals surface area (Å²) in [5, 5.41) is 3.48. The lowest BCUT2D eigenvalue weighted by Crippen LogP contribution is -2.56. The zero-order valence-corrected chi connectivity index (χ0v) is 15.7. The molecule has 1 aromatic rings. The molecule has 0 amide bonds. The fraction of sp³-hybridized carbons (Fsp3) is 0.714. The summed E-state index contributed by atoms with van der Waals surface area (Å²) >= 11 is 0. The maximum Gasteiger partial charge on any atom is 0.0721 e. The first kappa shape index (κ1) is 17.5. The molecule has 1 spiro atoms. The lowest BCUT2D eigenvalue weighted by molar-refractivity contribution is -0.123. The summed E-state index contributed by atoms with van der Waals surface area (Å²) in [4.78, 5) is 5.37. The van der Waals surface area contributed by atoms with Gasteiger partial charge in [-0.3, -0.25) is 9.80 Å². The first-order valence-corrected chi connectivity index (χ1v) is 10.1. The van der Waals surface area contributed by atoms with Crippen molar-refractivity contribution in [1.29, 1.82) is 0 Å². The Morgan fingerprint density at radius 3 is 2.72 bits per heavy atom. The molecule has 1 unspecified atom stereocenters. The molecule has 4 nitrogen and oxygen atoms in total. The molecule has 4 rings (SSSR count). The summed E-state index contributed by atoms with van der Waals surface area (Å²) in [7, 11) is 0. The van der Waals surface area contributed by atoms with Crippen molar-refractivity contribution >= 4 is 0 Å². The molecule has 0 aliphatic carbocycles. The quantitative estimate of drug-likeness (QED) is 0.912. The third-order valence-electron chi connectivity index (χ3n) is 6.39. The van der Waals surface area contributed by atoms with Crippen LogP contribution in [0.1, 0.15) is 36.8 Å². The van der Waals surface area contributed by atoms with Gasteiger partial charge in [0.2, 0.25) is 0 Å². The van der Waals surface area contributed by atoms with Crippen LogP contribution in [0.3, 0.4) is 0 Å². The molecular weight excluding hydrogens is 310 g/mol. The predicted octanol–water partition coefficient (Wildman–Crippen LogP) is 2.41. The highest BCUT2D eigenvalue weighted by atomic mass is 16.5. The van der Waals surface area contributed by atoms with Gasteiger partial charge in [-0.2, -0.15) is 0 Å². The summed E-state index contributed by atoms with van der Waals surface area (Å²) in [6.07, 6.45) is 4.84. The SMILES string of the molecule is Cc1cccc(CN2CCN(C3CCOC4(CCNCC4)C3)CC2)c1. The van der Waals surface area contributed by atoms with Crippen molar-refractivity contribution < 1.29 is 4.74 Å². The number of nitrogens with one attached hydrogen (secondary N) is 1. The van der Waals surface area contributed by atoms with Crippen LogP contribution in [0.5, 0.6) is 0 Å². The Balaban J connectivity index is 1.29. The van der Waals surface area contributed by atoms with Crippen LogP contribution in [0.2, 0.25) is 0 Å². The van der Waals surface area contributed by atoms with Crippen molar-refractivity contribution in [2.75, 3.05) is 45.9 Å². The number of hydrogen-bond donors (Lipinski definition) is 1. The Morgan fingerprint density at radius 2 is 1.96 bits per heavy atom. The monoisotopic (exact) mass is 343 g/mol. The summed E-state index contributed by atoms with van der Waals surface area (Å²) in [5.74, 6) is 0. The molecule has 0 saturated carbocycles. The van der Waals surface area contributed by atoms with Gasteiger partial charge in [-0.25, -0.2) is 0 Å². The van der Waals surface area contributed by atoms with Gasteiger partial charge >= 0.3 is 0 Å². The van der Waals surface area contributed by atoms with Gasteiger partial charge < -0.3 is 10.1 Å². The molecule has 1 aromatic carbocycles. The number of aryl methyl sites for hydroxylation is 1. The third-order valence-corrected chi connectivity index (χ3v) is 6.39. The average Bonchev–Trinajstić information content (AvgIpc) is 2.63. The van der Waals surface area contributed by atoms with E-state index in [4.69, 9.17) is 4.74 Å². The molecule has 0 aromatic heterocycles. The van der Waals surface area contributed by atoms with Crippen LogP contribution in [-0.2, 0) is 11.3 Å². The maximum atomic E-state index is 6.26. The van der Waals surface area contributed by atoms with Gasteiger partial charge in [0.05, 0.1) is 5.60 Å². The highest BCUT2D eigenvalue weighted by Gasteiger charge is 2.40. The van der Waals surface area contributed by atoms with Crippen molar-refractivity contribution in [2.45, 2.75) is 50.8 Å². The Hall–Kier alpha value is -0.940. The number of piperidine rings is 1. The number of nitrogens with zero attached hydrogens (tertiary/aromatic N) is 2. The fourth-order valence-electron chi connectivity index (χ4n) is 4.90. The van der Waals surface area contributed by atoms with Crippen LogP contribution in [0.25, 0.3) is 0 Å². The van der Waals surface area contributed by atoms with E-state index < -0.39 is 0 Å². The van der Waals surface area contributed by atoms with Crippen LogP contribution in [0.4, 0.5) is 0 Å². The van der Waals surface area contributed by atoms with Crippen molar-refractivity contribution in [3.63, 3.8) is 0 Å². The van der Waals surface area contributed by atoms with E-state index in [0.717, 1.165) is 32.3 Å². The Labute approximate surface area is 152 Å². The van der Waals surface area contributed by atoms with Crippen LogP contribution < -0.4 is 5.32 Å². The van der Waals surface area contributed by atoms with Gasteiger partial charge in [0, 0.05) is 45.4 Å². The second kappa shape index (κ2) is 7.75. The molecule has 3 heterocycles. The third kappa shape index (κ3) is 4.25. The Kier molecular flexibility index (Phi) is 5.41. The normalized spacial score (nSPS) is 28.3. The molecule has 1 atom stereocenters. The molecule has 25 heavy (non-hydrogen) atoms. The molecule has 0 bridgehead atoms. The zero-order chi connectivity index (χ0) is 17.1. The van der Waals surface area contributed by atoms with E-state index in [2.05, 4.69) is 46.3 Å². The number of piperazine rings is 1. The molecule has 3 fully saturated rings. The van der Waals surface area contributed by atoms with Gasteiger partial charge in [-0.05, 0) is 51.3 Å². The second-order valence-corrected chi connectivity index (χ2v) is 8.23. The molecule has 4 heteroatoms. The standard InChI is InChI=1S/C21H33N3O/c1-18-3-2-4-19(15-18)17-23-10-12-24(13-11-23)20-5-14-25-21(16-20)6-8-22-9-7-21/h2-4,15,20,22H,5-14,16-17H2,1H3. The first-order valence-electron chi connectivity index (χ1n) is 10.1. The fourth-order valence-corrected chi connectivity index (χ4v) is 4.90. The molecular formula is C21H33N3O. The number of benzene rings is 1. The molecule has 3 aliphatic rings. The topological polar surface area (TPSA) is 27.7 Å². The van der Waals surface area contributed by atoms with E-state index in [0.29, 0.717) is 0 Å². The van der Waals surface area contributed by atoms with E-state index in [1.54, 1.807) is 0 Å². The Morgan fingerprint density at radius 1 is 1.16 bits per heavy atom. The van der Waals surface area contributed by atoms with Gasteiger partial charge in [0.1, 0.15) is 0 Å². The molecule has 3 saturated heterocycles. The molecule has 1 N–H and O–H groups in total. The lowest BCUT2D eigenvalue weighted by Gasteiger charge is -2.48. The first-order chi connectivity index (χ1) is 12.2. The van der Waals surface area contributed by atoms with E-state index in [1.165, 1.54) is 63.0 Å². The van der Waals surface area contributed by atoms with Gasteiger partial charge in [0.15, 0.2) is 0 Å². The smallest absolute Gasteiger partial charge is 0.0721 e. The highest BCUT2D eigenvalue weighted by Crippen LogP contribution is 2.35. The minimum atomic E-state index is 0.173. The van der Waals surface area contributed by atoms with E-state index >= 15 is 0 Å². The minimum Gasteiger partial charge on any atom is -0.375 e. The number of rotatable bonds is 3. The molecule has 3 aliphatic heterocycles. The maximum absolute atomic E-state index is 6.26. The Bertz CT molecular complexity index is 557. The van der Waals surface area contributed by atoms with Crippen molar-refractivity contribution in [3.8, 4) is 0 Å². The summed E-state index contributed by atoms with van der Waals surface area (Å²) in [6.45, 7) is 11.3. The van der Waals surface area contributed by atoms with E-state index in [-0.39, 0.29) is 5.60 Å². The lowest BCUT2D eigenvalue weighted by atomic mass is 9.82. The van der Waals surface area contributed by atoms with Crippen LogP contribution >= 0.6 is 0 Å². The van der Waals surface area contributed by atoms with Gasteiger partial charge in [0.25, 0.3) is 0 Å². The molecule has 138 valence electrons. The average molecular weight is 344 g/mol. The van der Waals surface area contributed by atoms with E-state index in [1.807, 2.05) is 0 Å². The largest absolute Gasteiger partial charge is 0.375 e. The molecule has 0 radical (unpaired) electrons. The van der Waals surface area contributed by atoms with Crippen LogP contribution in [0, 0.1) is 6.92 Å².